The van der Waals surface area contributed by atoms with Crippen LogP contribution in [0.15, 0.2) is 0 Å². The second kappa shape index (κ2) is 7.59. The minimum atomic E-state index is -0.272. The van der Waals surface area contributed by atoms with Gasteiger partial charge >= 0.3 is 5.97 Å². The molecule has 114 valence electrons. The minimum absolute atomic E-state index is 0.0871. The predicted molar refractivity (Wildman–Crippen MR) is 73.2 cm³/mol. The molecule has 6 nitrogen and oxygen atoms in total. The quantitative estimate of drug-likeness (QED) is 0.678. The van der Waals surface area contributed by atoms with Crippen LogP contribution >= 0.6 is 0 Å². The molecule has 0 radical (unpaired) electrons. The van der Waals surface area contributed by atoms with E-state index in [2.05, 4.69) is 0 Å². The zero-order valence-electron chi connectivity index (χ0n) is 12.2. The van der Waals surface area contributed by atoms with Gasteiger partial charge in [-0.05, 0) is 12.8 Å². The molecule has 0 aromatic rings. The van der Waals surface area contributed by atoms with E-state index in [1.807, 2.05) is 9.80 Å². The number of esters is 1. The van der Waals surface area contributed by atoms with Gasteiger partial charge < -0.3 is 14.4 Å². The summed E-state index contributed by atoms with van der Waals surface area (Å²) >= 11 is 0. The molecule has 1 aliphatic heterocycles. The van der Waals surface area contributed by atoms with Crippen LogP contribution in [-0.4, -0.2) is 74.2 Å². The van der Waals surface area contributed by atoms with Gasteiger partial charge in [0.2, 0.25) is 5.91 Å². The van der Waals surface area contributed by atoms with Crippen molar-refractivity contribution in [1.82, 2.24) is 9.80 Å². The first-order valence-electron chi connectivity index (χ1n) is 7.37. The van der Waals surface area contributed by atoms with Crippen LogP contribution < -0.4 is 0 Å². The first kappa shape index (κ1) is 15.3. The number of ether oxygens (including phenoxy) is 2. The highest BCUT2D eigenvalue weighted by atomic mass is 16.5. The standard InChI is InChI=1S/C14H24N2O4/c1-19-14(18)11-16(12-4-2-3-5-12)10-13(17)15-6-8-20-9-7-15/h12H,2-11H2,1H3. The molecular formula is C14H24N2O4. The van der Waals surface area contributed by atoms with Crippen molar-refractivity contribution in [2.45, 2.75) is 31.7 Å². The monoisotopic (exact) mass is 284 g/mol. The number of methoxy groups -OCH3 is 1. The molecular weight excluding hydrogens is 260 g/mol. The van der Waals surface area contributed by atoms with Crippen molar-refractivity contribution in [2.75, 3.05) is 46.5 Å². The van der Waals surface area contributed by atoms with E-state index in [-0.39, 0.29) is 18.4 Å². The molecule has 0 spiro atoms. The van der Waals surface area contributed by atoms with Crippen LogP contribution in [0.25, 0.3) is 0 Å². The van der Waals surface area contributed by atoms with E-state index < -0.39 is 0 Å². The fourth-order valence-electron chi connectivity index (χ4n) is 2.90. The lowest BCUT2D eigenvalue weighted by Crippen LogP contribution is -2.49. The molecule has 0 N–H and O–H groups in total. The average molecular weight is 284 g/mol. The fourth-order valence-corrected chi connectivity index (χ4v) is 2.90. The number of carbonyl (C=O) groups is 2. The summed E-state index contributed by atoms with van der Waals surface area (Å²) in [4.78, 5) is 27.6. The molecule has 2 rings (SSSR count). The van der Waals surface area contributed by atoms with Crippen molar-refractivity contribution in [3.8, 4) is 0 Å². The Labute approximate surface area is 120 Å². The second-order valence-corrected chi connectivity index (χ2v) is 5.41. The average Bonchev–Trinajstić information content (AvgIpc) is 3.01. The first-order chi connectivity index (χ1) is 9.70. The third-order valence-corrected chi connectivity index (χ3v) is 4.10. The van der Waals surface area contributed by atoms with Gasteiger partial charge in [0, 0.05) is 19.1 Å². The van der Waals surface area contributed by atoms with Crippen molar-refractivity contribution in [2.24, 2.45) is 0 Å². The highest BCUT2D eigenvalue weighted by Crippen LogP contribution is 2.23. The van der Waals surface area contributed by atoms with E-state index in [4.69, 9.17) is 9.47 Å². The number of hydrogen-bond acceptors (Lipinski definition) is 5. The molecule has 1 heterocycles. The molecule has 20 heavy (non-hydrogen) atoms. The predicted octanol–water partition coefficient (Wildman–Crippen LogP) is 0.263. The highest BCUT2D eigenvalue weighted by Gasteiger charge is 2.28. The molecule has 6 heteroatoms. The molecule has 0 unspecified atom stereocenters. The highest BCUT2D eigenvalue weighted by molar-refractivity contribution is 5.79. The molecule has 2 aliphatic rings. The first-order valence-corrected chi connectivity index (χ1v) is 7.37. The lowest BCUT2D eigenvalue weighted by Gasteiger charge is -2.32. The summed E-state index contributed by atoms with van der Waals surface area (Å²) in [6.45, 7) is 3.01. The Balaban J connectivity index is 1.91. The van der Waals surface area contributed by atoms with E-state index in [9.17, 15) is 9.59 Å². The van der Waals surface area contributed by atoms with Crippen molar-refractivity contribution >= 4 is 11.9 Å². The van der Waals surface area contributed by atoms with E-state index in [0.717, 1.165) is 12.8 Å². The maximum atomic E-state index is 12.3. The van der Waals surface area contributed by atoms with Gasteiger partial charge in [-0.15, -0.1) is 0 Å². The van der Waals surface area contributed by atoms with Gasteiger partial charge in [0.15, 0.2) is 0 Å². The third kappa shape index (κ3) is 4.18. The van der Waals surface area contributed by atoms with Gasteiger partial charge in [-0.2, -0.15) is 0 Å². The second-order valence-electron chi connectivity index (χ2n) is 5.41. The number of hydrogen-bond donors (Lipinski definition) is 0. The molecule has 2 fully saturated rings. The van der Waals surface area contributed by atoms with Gasteiger partial charge in [-0.3, -0.25) is 14.5 Å². The number of rotatable bonds is 5. The summed E-state index contributed by atoms with van der Waals surface area (Å²) in [5, 5.41) is 0. The summed E-state index contributed by atoms with van der Waals surface area (Å²) in [7, 11) is 1.39. The number of amides is 1. The molecule has 1 amide bonds. The molecule has 1 aliphatic carbocycles. The van der Waals surface area contributed by atoms with Crippen LogP contribution in [0.2, 0.25) is 0 Å². The number of morpholine rings is 1. The summed E-state index contributed by atoms with van der Waals surface area (Å²) in [6.07, 6.45) is 4.48. The van der Waals surface area contributed by atoms with Crippen molar-refractivity contribution < 1.29 is 19.1 Å². The lowest BCUT2D eigenvalue weighted by atomic mass is 10.2. The van der Waals surface area contributed by atoms with Crippen molar-refractivity contribution in [1.29, 1.82) is 0 Å². The van der Waals surface area contributed by atoms with Gasteiger partial charge in [-0.25, -0.2) is 0 Å². The van der Waals surface area contributed by atoms with E-state index in [0.29, 0.717) is 38.9 Å². The largest absolute Gasteiger partial charge is 0.468 e. The van der Waals surface area contributed by atoms with Crippen LogP contribution in [0.4, 0.5) is 0 Å². The maximum Gasteiger partial charge on any atom is 0.319 e. The van der Waals surface area contributed by atoms with E-state index >= 15 is 0 Å². The molecule has 0 aromatic carbocycles. The zero-order valence-corrected chi connectivity index (χ0v) is 12.2. The van der Waals surface area contributed by atoms with Crippen LogP contribution in [-0.2, 0) is 19.1 Å². The Kier molecular flexibility index (Phi) is 5.79. The maximum absolute atomic E-state index is 12.3. The van der Waals surface area contributed by atoms with Gasteiger partial charge in [0.05, 0.1) is 33.4 Å². The summed E-state index contributed by atoms with van der Waals surface area (Å²) in [6, 6.07) is 0.332. The molecule has 1 saturated heterocycles. The van der Waals surface area contributed by atoms with E-state index in [1.54, 1.807) is 0 Å². The topological polar surface area (TPSA) is 59.1 Å². The van der Waals surface area contributed by atoms with Crippen LogP contribution in [0.1, 0.15) is 25.7 Å². The molecule has 0 atom stereocenters. The minimum Gasteiger partial charge on any atom is -0.468 e. The van der Waals surface area contributed by atoms with Crippen LogP contribution in [0.5, 0.6) is 0 Å². The Morgan fingerprint density at radius 1 is 1.20 bits per heavy atom. The van der Waals surface area contributed by atoms with Crippen LogP contribution in [0, 0.1) is 0 Å². The smallest absolute Gasteiger partial charge is 0.319 e. The fraction of sp³-hybridized carbons (Fsp3) is 0.857. The van der Waals surface area contributed by atoms with Gasteiger partial charge in [0.25, 0.3) is 0 Å². The Hall–Kier alpha value is -1.14. The zero-order chi connectivity index (χ0) is 14.4. The molecule has 0 aromatic heterocycles. The third-order valence-electron chi connectivity index (χ3n) is 4.10. The van der Waals surface area contributed by atoms with E-state index in [1.165, 1.54) is 20.0 Å². The molecule has 0 bridgehead atoms. The Morgan fingerprint density at radius 3 is 2.45 bits per heavy atom. The number of carbonyl (C=O) groups excluding carboxylic acids is 2. The van der Waals surface area contributed by atoms with Crippen molar-refractivity contribution in [3.05, 3.63) is 0 Å². The lowest BCUT2D eigenvalue weighted by molar-refractivity contribution is -0.144. The SMILES string of the molecule is COC(=O)CN(CC(=O)N1CCOCC1)C1CCCC1. The molecule has 1 saturated carbocycles. The van der Waals surface area contributed by atoms with Crippen LogP contribution in [0.3, 0.4) is 0 Å². The summed E-state index contributed by atoms with van der Waals surface area (Å²) in [5.74, 6) is -0.184. The Morgan fingerprint density at radius 2 is 1.85 bits per heavy atom. The van der Waals surface area contributed by atoms with Crippen molar-refractivity contribution in [3.63, 3.8) is 0 Å². The van der Waals surface area contributed by atoms with Gasteiger partial charge in [-0.1, -0.05) is 12.8 Å². The number of nitrogens with zero attached hydrogens (tertiary/aromatic N) is 2. The van der Waals surface area contributed by atoms with Gasteiger partial charge in [0.1, 0.15) is 0 Å². The summed E-state index contributed by atoms with van der Waals surface area (Å²) in [5.41, 5.74) is 0. The summed E-state index contributed by atoms with van der Waals surface area (Å²) < 4.78 is 10.00. The Bertz CT molecular complexity index is 336. The normalized spacial score (nSPS) is 20.4.